The molecule has 1 saturated heterocycles. The third-order valence-corrected chi connectivity index (χ3v) is 5.86. The van der Waals surface area contributed by atoms with E-state index in [0.717, 1.165) is 16.7 Å². The van der Waals surface area contributed by atoms with Gasteiger partial charge in [0, 0.05) is 35.4 Å². The van der Waals surface area contributed by atoms with Crippen LogP contribution in [0.5, 0.6) is 0 Å². The van der Waals surface area contributed by atoms with Crippen LogP contribution in [0, 0.1) is 27.2 Å². The molecule has 166 valence electrons. The Morgan fingerprint density at radius 3 is 2.39 bits per heavy atom. The first-order valence-electron chi connectivity index (χ1n) is 9.57. The van der Waals surface area contributed by atoms with Gasteiger partial charge < -0.3 is 4.42 Å². The number of amides is 2. The lowest BCUT2D eigenvalue weighted by Crippen LogP contribution is -2.27. The molecule has 1 aliphatic heterocycles. The summed E-state index contributed by atoms with van der Waals surface area (Å²) in [6.07, 6.45) is 1.44. The van der Waals surface area contributed by atoms with Crippen molar-refractivity contribution in [2.24, 2.45) is 0 Å². The summed E-state index contributed by atoms with van der Waals surface area (Å²) in [6, 6.07) is 13.6. The van der Waals surface area contributed by atoms with Crippen LogP contribution in [0.1, 0.15) is 16.9 Å². The quantitative estimate of drug-likeness (QED) is 0.271. The number of nitrogens with zero attached hydrogens (tertiary/aromatic N) is 3. The zero-order valence-electron chi connectivity index (χ0n) is 17.1. The SMILES string of the molecule is Cc1ccc(-c2ccc(/C=C3/SC(=O)N(Cc4ccc([N+](=O)[O-])cc4)C3=O)o2)cc1[N+](=O)[O-]. The first-order chi connectivity index (χ1) is 15.7. The maximum atomic E-state index is 12.7. The molecule has 0 unspecified atom stereocenters. The molecular formula is C22H15N3O7S. The van der Waals surface area contributed by atoms with Crippen LogP contribution in [0.2, 0.25) is 0 Å². The van der Waals surface area contributed by atoms with Gasteiger partial charge in [0.2, 0.25) is 0 Å². The first-order valence-corrected chi connectivity index (χ1v) is 10.4. The van der Waals surface area contributed by atoms with Crippen LogP contribution < -0.4 is 0 Å². The molecule has 3 aromatic rings. The lowest BCUT2D eigenvalue weighted by Gasteiger charge is -2.12. The van der Waals surface area contributed by atoms with Crippen molar-refractivity contribution in [3.63, 3.8) is 0 Å². The molecule has 1 aliphatic rings. The topological polar surface area (TPSA) is 137 Å². The van der Waals surface area contributed by atoms with E-state index in [-0.39, 0.29) is 22.8 Å². The van der Waals surface area contributed by atoms with Crippen molar-refractivity contribution in [3.05, 3.63) is 96.6 Å². The molecule has 2 aromatic carbocycles. The molecule has 0 radical (unpaired) electrons. The Hall–Kier alpha value is -4.25. The van der Waals surface area contributed by atoms with Gasteiger partial charge in [-0.15, -0.1) is 0 Å². The number of aryl methyl sites for hydroxylation is 1. The van der Waals surface area contributed by atoms with Gasteiger partial charge in [0.25, 0.3) is 22.5 Å². The molecule has 11 heteroatoms. The van der Waals surface area contributed by atoms with Crippen molar-refractivity contribution < 1.29 is 23.9 Å². The number of furan rings is 1. The summed E-state index contributed by atoms with van der Waals surface area (Å²) >= 11 is 0.758. The van der Waals surface area contributed by atoms with Crippen molar-refractivity contribution in [2.45, 2.75) is 13.5 Å². The van der Waals surface area contributed by atoms with Crippen LogP contribution in [0.3, 0.4) is 0 Å². The fourth-order valence-electron chi connectivity index (χ4n) is 3.22. The van der Waals surface area contributed by atoms with E-state index in [2.05, 4.69) is 0 Å². The molecule has 0 aliphatic carbocycles. The molecule has 10 nitrogen and oxygen atoms in total. The smallest absolute Gasteiger partial charge is 0.293 e. The maximum absolute atomic E-state index is 12.7. The van der Waals surface area contributed by atoms with E-state index < -0.39 is 21.0 Å². The second-order valence-corrected chi connectivity index (χ2v) is 8.14. The number of hydrogen-bond acceptors (Lipinski definition) is 8. The Balaban J connectivity index is 1.52. The monoisotopic (exact) mass is 465 g/mol. The molecule has 0 bridgehead atoms. The molecule has 2 amide bonds. The normalized spacial score (nSPS) is 14.8. The number of carbonyl (C=O) groups excluding carboxylic acids is 2. The summed E-state index contributed by atoms with van der Waals surface area (Å²) < 4.78 is 5.72. The number of thioether (sulfide) groups is 1. The molecule has 4 rings (SSSR count). The van der Waals surface area contributed by atoms with E-state index in [1.165, 1.54) is 36.4 Å². The highest BCUT2D eigenvalue weighted by molar-refractivity contribution is 8.18. The average Bonchev–Trinajstić information content (AvgIpc) is 3.34. The molecule has 0 spiro atoms. The predicted molar refractivity (Wildman–Crippen MR) is 120 cm³/mol. The predicted octanol–water partition coefficient (Wildman–Crippen LogP) is 5.31. The summed E-state index contributed by atoms with van der Waals surface area (Å²) in [6.45, 7) is 1.62. The maximum Gasteiger partial charge on any atom is 0.293 e. The summed E-state index contributed by atoms with van der Waals surface area (Å²) in [4.78, 5) is 47.2. The van der Waals surface area contributed by atoms with Gasteiger partial charge in [0.15, 0.2) is 0 Å². The zero-order valence-corrected chi connectivity index (χ0v) is 17.9. The van der Waals surface area contributed by atoms with E-state index in [0.29, 0.717) is 28.2 Å². The number of rotatable bonds is 6. The highest BCUT2D eigenvalue weighted by Crippen LogP contribution is 2.35. The Morgan fingerprint density at radius 1 is 1.00 bits per heavy atom. The van der Waals surface area contributed by atoms with Gasteiger partial charge in [-0.2, -0.15) is 0 Å². The van der Waals surface area contributed by atoms with Gasteiger partial charge in [0.1, 0.15) is 11.5 Å². The van der Waals surface area contributed by atoms with Gasteiger partial charge in [-0.1, -0.05) is 24.3 Å². The molecule has 1 fully saturated rings. The molecular weight excluding hydrogens is 450 g/mol. The van der Waals surface area contributed by atoms with Crippen molar-refractivity contribution >= 4 is 40.4 Å². The fraction of sp³-hybridized carbons (Fsp3) is 0.0909. The Bertz CT molecular complexity index is 1330. The number of carbonyl (C=O) groups is 2. The second-order valence-electron chi connectivity index (χ2n) is 7.15. The van der Waals surface area contributed by atoms with Crippen molar-refractivity contribution in [2.75, 3.05) is 0 Å². The number of imide groups is 1. The van der Waals surface area contributed by atoms with Crippen LogP contribution >= 0.6 is 11.8 Å². The first kappa shape index (κ1) is 22.0. The highest BCUT2D eigenvalue weighted by atomic mass is 32.2. The Kier molecular flexibility index (Phi) is 5.80. The number of benzene rings is 2. The minimum Gasteiger partial charge on any atom is -0.457 e. The van der Waals surface area contributed by atoms with Gasteiger partial charge in [0.05, 0.1) is 21.3 Å². The number of hydrogen-bond donors (Lipinski definition) is 0. The molecule has 0 N–H and O–H groups in total. The number of non-ortho nitro benzene ring substituents is 1. The van der Waals surface area contributed by atoms with Gasteiger partial charge in [-0.3, -0.25) is 34.7 Å². The van der Waals surface area contributed by atoms with E-state index in [1.54, 1.807) is 31.2 Å². The summed E-state index contributed by atoms with van der Waals surface area (Å²) in [7, 11) is 0. The minimum absolute atomic E-state index is 0.0174. The van der Waals surface area contributed by atoms with Gasteiger partial charge >= 0.3 is 0 Å². The van der Waals surface area contributed by atoms with E-state index in [4.69, 9.17) is 4.42 Å². The fourth-order valence-corrected chi connectivity index (χ4v) is 4.03. The van der Waals surface area contributed by atoms with E-state index in [1.807, 2.05) is 0 Å². The van der Waals surface area contributed by atoms with Crippen LogP contribution in [-0.4, -0.2) is 25.9 Å². The molecule has 2 heterocycles. The van der Waals surface area contributed by atoms with Crippen LogP contribution in [0.4, 0.5) is 16.2 Å². The molecule has 33 heavy (non-hydrogen) atoms. The molecule has 1 aromatic heterocycles. The van der Waals surface area contributed by atoms with Gasteiger partial charge in [-0.05, 0) is 36.4 Å². The van der Waals surface area contributed by atoms with Gasteiger partial charge in [-0.25, -0.2) is 0 Å². The van der Waals surface area contributed by atoms with Crippen molar-refractivity contribution in [3.8, 4) is 11.3 Å². The number of nitro benzene ring substituents is 2. The van der Waals surface area contributed by atoms with Crippen molar-refractivity contribution in [1.82, 2.24) is 4.90 Å². The van der Waals surface area contributed by atoms with Crippen LogP contribution in [-0.2, 0) is 11.3 Å². The minimum atomic E-state index is -0.529. The summed E-state index contributed by atoms with van der Waals surface area (Å²) in [5.74, 6) is 0.191. The van der Waals surface area contributed by atoms with E-state index in [9.17, 15) is 29.8 Å². The molecule has 0 atom stereocenters. The molecule has 0 saturated carbocycles. The lowest BCUT2D eigenvalue weighted by molar-refractivity contribution is -0.385. The average molecular weight is 465 g/mol. The Labute approximate surface area is 190 Å². The van der Waals surface area contributed by atoms with E-state index >= 15 is 0 Å². The lowest BCUT2D eigenvalue weighted by atomic mass is 10.1. The van der Waals surface area contributed by atoms with Crippen LogP contribution in [0.15, 0.2) is 63.9 Å². The zero-order chi connectivity index (χ0) is 23.7. The summed E-state index contributed by atoms with van der Waals surface area (Å²) in [5, 5.41) is 21.5. The number of nitro groups is 2. The second kappa shape index (κ2) is 8.71. The Morgan fingerprint density at radius 2 is 1.73 bits per heavy atom. The van der Waals surface area contributed by atoms with Crippen molar-refractivity contribution in [1.29, 1.82) is 0 Å². The standard InChI is InChI=1S/C22H15N3O7S/c1-13-2-5-15(10-18(13)25(30)31)19-9-8-17(32-19)11-20-21(26)23(22(27)33-20)12-14-3-6-16(7-4-14)24(28)29/h2-11H,12H2,1H3/b20-11+. The third-order valence-electron chi connectivity index (χ3n) is 4.95. The summed E-state index contributed by atoms with van der Waals surface area (Å²) in [5.41, 5.74) is 1.50. The third kappa shape index (κ3) is 4.53. The highest BCUT2D eigenvalue weighted by Gasteiger charge is 2.35. The largest absolute Gasteiger partial charge is 0.457 e. The van der Waals surface area contributed by atoms with Crippen LogP contribution in [0.25, 0.3) is 17.4 Å².